The number of anilines is 1. The fourth-order valence-corrected chi connectivity index (χ4v) is 3.29. The zero-order valence-corrected chi connectivity index (χ0v) is 15.4. The first kappa shape index (κ1) is 17.0. The lowest BCUT2D eigenvalue weighted by Gasteiger charge is -2.37. The van der Waals surface area contributed by atoms with E-state index in [1.165, 1.54) is 22.9 Å². The predicted octanol–water partition coefficient (Wildman–Crippen LogP) is 4.17. The van der Waals surface area contributed by atoms with Crippen LogP contribution in [0.25, 0.3) is 0 Å². The van der Waals surface area contributed by atoms with E-state index in [0.29, 0.717) is 23.1 Å². The number of amides is 1. The van der Waals surface area contributed by atoms with Gasteiger partial charge in [-0.15, -0.1) is 0 Å². The lowest BCUT2D eigenvalue weighted by atomic mass is 10.1. The van der Waals surface area contributed by atoms with Gasteiger partial charge in [-0.25, -0.2) is 4.39 Å². The number of aryl methyl sites for hydroxylation is 1. The van der Waals surface area contributed by atoms with E-state index in [2.05, 4.69) is 52.9 Å². The summed E-state index contributed by atoms with van der Waals surface area (Å²) < 4.78 is 14.0. The number of hydrogen-bond acceptors (Lipinski definition) is 2. The largest absolute Gasteiger partial charge is 0.368 e. The molecule has 3 nitrogen and oxygen atoms in total. The molecule has 0 unspecified atom stereocenters. The summed E-state index contributed by atoms with van der Waals surface area (Å²) in [5, 5.41) is 0. The summed E-state index contributed by atoms with van der Waals surface area (Å²) in [6.07, 6.45) is 0. The van der Waals surface area contributed by atoms with Crippen LogP contribution < -0.4 is 4.90 Å². The average Bonchev–Trinajstić information content (AvgIpc) is 2.59. The summed E-state index contributed by atoms with van der Waals surface area (Å²) >= 11 is 3.11. The molecule has 0 N–H and O–H groups in total. The molecule has 3 rings (SSSR count). The molecule has 126 valence electrons. The SMILES string of the molecule is Cc1cccc(N2CCN(C(=O)c3ccc(Br)c(F)c3)CC2)c1C. The lowest BCUT2D eigenvalue weighted by Crippen LogP contribution is -2.49. The highest BCUT2D eigenvalue weighted by molar-refractivity contribution is 9.10. The van der Waals surface area contributed by atoms with Crippen molar-refractivity contribution in [2.24, 2.45) is 0 Å². The van der Waals surface area contributed by atoms with Crippen LogP contribution in [0.4, 0.5) is 10.1 Å². The van der Waals surface area contributed by atoms with Crippen molar-refractivity contribution in [1.82, 2.24) is 4.90 Å². The van der Waals surface area contributed by atoms with Crippen LogP contribution in [0.2, 0.25) is 0 Å². The van der Waals surface area contributed by atoms with Crippen LogP contribution in [-0.2, 0) is 0 Å². The minimum atomic E-state index is -0.408. The molecule has 1 saturated heterocycles. The molecule has 24 heavy (non-hydrogen) atoms. The molecule has 1 aliphatic heterocycles. The van der Waals surface area contributed by atoms with E-state index in [-0.39, 0.29) is 5.91 Å². The Hall–Kier alpha value is -1.88. The first-order chi connectivity index (χ1) is 11.5. The van der Waals surface area contributed by atoms with Crippen LogP contribution in [-0.4, -0.2) is 37.0 Å². The van der Waals surface area contributed by atoms with Crippen molar-refractivity contribution in [3.05, 3.63) is 63.4 Å². The van der Waals surface area contributed by atoms with Crippen LogP contribution in [0.15, 0.2) is 40.9 Å². The van der Waals surface area contributed by atoms with E-state index in [9.17, 15) is 9.18 Å². The summed E-state index contributed by atoms with van der Waals surface area (Å²) in [6.45, 7) is 7.10. The van der Waals surface area contributed by atoms with Crippen LogP contribution in [0, 0.1) is 19.7 Å². The topological polar surface area (TPSA) is 23.6 Å². The zero-order chi connectivity index (χ0) is 17.3. The lowest BCUT2D eigenvalue weighted by molar-refractivity contribution is 0.0746. The molecular formula is C19H20BrFN2O. The third kappa shape index (κ3) is 3.31. The van der Waals surface area contributed by atoms with Gasteiger partial charge in [0.15, 0.2) is 0 Å². The van der Waals surface area contributed by atoms with E-state index in [1.807, 2.05) is 0 Å². The standard InChI is InChI=1S/C19H20BrFN2O/c1-13-4-3-5-18(14(13)2)22-8-10-23(11-9-22)19(24)15-6-7-16(20)17(21)12-15/h3-7,12H,8-11H2,1-2H3. The van der Waals surface area contributed by atoms with Crippen molar-refractivity contribution in [3.8, 4) is 0 Å². The molecule has 2 aromatic carbocycles. The molecule has 0 aliphatic carbocycles. The third-order valence-electron chi connectivity index (χ3n) is 4.65. The molecule has 1 fully saturated rings. The fourth-order valence-electron chi connectivity index (χ4n) is 3.04. The van der Waals surface area contributed by atoms with Crippen molar-refractivity contribution in [2.45, 2.75) is 13.8 Å². The van der Waals surface area contributed by atoms with Crippen LogP contribution in [0.3, 0.4) is 0 Å². The highest BCUT2D eigenvalue weighted by Crippen LogP contribution is 2.24. The third-order valence-corrected chi connectivity index (χ3v) is 5.29. The van der Waals surface area contributed by atoms with Gasteiger partial charge in [-0.1, -0.05) is 12.1 Å². The van der Waals surface area contributed by atoms with Crippen molar-refractivity contribution >= 4 is 27.5 Å². The Balaban J connectivity index is 1.69. The molecular weight excluding hydrogens is 371 g/mol. The van der Waals surface area contributed by atoms with Gasteiger partial charge >= 0.3 is 0 Å². The van der Waals surface area contributed by atoms with Gasteiger partial charge in [0.2, 0.25) is 0 Å². The Morgan fingerprint density at radius 2 is 1.79 bits per heavy atom. The predicted molar refractivity (Wildman–Crippen MR) is 98.1 cm³/mol. The van der Waals surface area contributed by atoms with Gasteiger partial charge < -0.3 is 9.80 Å². The van der Waals surface area contributed by atoms with Gasteiger partial charge in [-0.3, -0.25) is 4.79 Å². The monoisotopic (exact) mass is 390 g/mol. The number of piperazine rings is 1. The van der Waals surface area contributed by atoms with Gasteiger partial charge in [-0.2, -0.15) is 0 Å². The van der Waals surface area contributed by atoms with Gasteiger partial charge in [0.25, 0.3) is 5.91 Å². The number of hydrogen-bond donors (Lipinski definition) is 0. The normalized spacial score (nSPS) is 14.8. The maximum absolute atomic E-state index is 13.6. The molecule has 0 aromatic heterocycles. The molecule has 1 amide bonds. The van der Waals surface area contributed by atoms with Gasteiger partial charge in [0.05, 0.1) is 4.47 Å². The molecule has 0 saturated carbocycles. The molecule has 0 bridgehead atoms. The minimum Gasteiger partial charge on any atom is -0.368 e. The second-order valence-electron chi connectivity index (χ2n) is 6.13. The van der Waals surface area contributed by atoms with E-state index >= 15 is 0 Å². The molecule has 1 heterocycles. The smallest absolute Gasteiger partial charge is 0.254 e. The van der Waals surface area contributed by atoms with Crippen molar-refractivity contribution < 1.29 is 9.18 Å². The van der Waals surface area contributed by atoms with Crippen molar-refractivity contribution in [3.63, 3.8) is 0 Å². The zero-order valence-electron chi connectivity index (χ0n) is 13.9. The number of carbonyl (C=O) groups excluding carboxylic acids is 1. The average molecular weight is 391 g/mol. The summed E-state index contributed by atoms with van der Waals surface area (Å²) in [7, 11) is 0. The minimum absolute atomic E-state index is 0.109. The van der Waals surface area contributed by atoms with E-state index in [0.717, 1.165) is 13.1 Å². The Bertz CT molecular complexity index is 770. The molecule has 1 aliphatic rings. The van der Waals surface area contributed by atoms with E-state index in [1.54, 1.807) is 17.0 Å². The van der Waals surface area contributed by atoms with Crippen LogP contribution in [0.5, 0.6) is 0 Å². The summed E-state index contributed by atoms with van der Waals surface area (Å²) in [5.74, 6) is -0.517. The maximum Gasteiger partial charge on any atom is 0.254 e. The summed E-state index contributed by atoms with van der Waals surface area (Å²) in [6, 6.07) is 10.8. The molecule has 0 radical (unpaired) electrons. The number of benzene rings is 2. The first-order valence-electron chi connectivity index (χ1n) is 8.03. The summed E-state index contributed by atoms with van der Waals surface area (Å²) in [4.78, 5) is 16.7. The van der Waals surface area contributed by atoms with E-state index in [4.69, 9.17) is 0 Å². The fraction of sp³-hybridized carbons (Fsp3) is 0.316. The Morgan fingerprint density at radius 3 is 2.46 bits per heavy atom. The van der Waals surface area contributed by atoms with Crippen molar-refractivity contribution in [1.29, 1.82) is 0 Å². The van der Waals surface area contributed by atoms with E-state index < -0.39 is 5.82 Å². The van der Waals surface area contributed by atoms with Gasteiger partial charge in [-0.05, 0) is 65.2 Å². The maximum atomic E-state index is 13.6. The Labute approximate surface area is 150 Å². The second-order valence-corrected chi connectivity index (χ2v) is 6.98. The highest BCUT2D eigenvalue weighted by atomic mass is 79.9. The van der Waals surface area contributed by atoms with Crippen molar-refractivity contribution in [2.75, 3.05) is 31.1 Å². The number of nitrogens with zero attached hydrogens (tertiary/aromatic N) is 2. The van der Waals surface area contributed by atoms with Crippen LogP contribution >= 0.6 is 15.9 Å². The first-order valence-corrected chi connectivity index (χ1v) is 8.82. The highest BCUT2D eigenvalue weighted by Gasteiger charge is 2.23. The summed E-state index contributed by atoms with van der Waals surface area (Å²) in [5.41, 5.74) is 4.19. The number of halogens is 2. The molecule has 0 atom stereocenters. The number of carbonyl (C=O) groups is 1. The Kier molecular flexibility index (Phi) is 4.90. The van der Waals surface area contributed by atoms with Crippen LogP contribution in [0.1, 0.15) is 21.5 Å². The quantitative estimate of drug-likeness (QED) is 0.768. The molecule has 5 heteroatoms. The van der Waals surface area contributed by atoms with Gasteiger partial charge in [0, 0.05) is 37.4 Å². The van der Waals surface area contributed by atoms with Gasteiger partial charge in [0.1, 0.15) is 5.82 Å². The molecule has 0 spiro atoms. The number of rotatable bonds is 2. The molecule has 2 aromatic rings. The Morgan fingerprint density at radius 1 is 1.08 bits per heavy atom. The second kappa shape index (κ2) is 6.93.